The summed E-state index contributed by atoms with van der Waals surface area (Å²) < 4.78 is 28.9. The van der Waals surface area contributed by atoms with Crippen molar-refractivity contribution in [1.29, 1.82) is 0 Å². The molecule has 2 heterocycles. The highest BCUT2D eigenvalue weighted by atomic mass is 19.1. The number of hydrogen-bond donors (Lipinski definition) is 1. The normalized spacial score (nSPS) is 20.8. The summed E-state index contributed by atoms with van der Waals surface area (Å²) >= 11 is 0. The molecule has 1 aliphatic rings. The van der Waals surface area contributed by atoms with E-state index in [4.69, 9.17) is 5.73 Å². The van der Waals surface area contributed by atoms with Gasteiger partial charge in [0.15, 0.2) is 5.78 Å². The molecule has 0 bridgehead atoms. The summed E-state index contributed by atoms with van der Waals surface area (Å²) in [5.41, 5.74) is 8.58. The molecule has 0 radical (unpaired) electrons. The van der Waals surface area contributed by atoms with Gasteiger partial charge in [-0.3, -0.25) is 9.78 Å². The molecule has 1 saturated carbocycles. The molecule has 4 rings (SSSR count). The zero-order chi connectivity index (χ0) is 22.8. The van der Waals surface area contributed by atoms with E-state index in [-0.39, 0.29) is 41.1 Å². The van der Waals surface area contributed by atoms with Crippen LogP contribution >= 0.6 is 0 Å². The average molecular weight is 436 g/mol. The molecule has 2 N–H and O–H groups in total. The van der Waals surface area contributed by atoms with Crippen LogP contribution in [-0.4, -0.2) is 21.8 Å². The Morgan fingerprint density at radius 3 is 2.72 bits per heavy atom. The number of hydrogen-bond acceptors (Lipinski definition) is 4. The maximum atomic E-state index is 14.6. The highest BCUT2D eigenvalue weighted by molar-refractivity contribution is 5.96. The molecule has 1 aliphatic carbocycles. The van der Waals surface area contributed by atoms with Gasteiger partial charge < -0.3 is 5.73 Å². The van der Waals surface area contributed by atoms with Gasteiger partial charge in [0.05, 0.1) is 11.3 Å². The summed E-state index contributed by atoms with van der Waals surface area (Å²) in [6, 6.07) is 9.40. The molecular formula is C26H27F2N3O. The van der Waals surface area contributed by atoms with Crippen LogP contribution in [0.5, 0.6) is 0 Å². The van der Waals surface area contributed by atoms with E-state index in [9.17, 15) is 13.6 Å². The molecule has 32 heavy (non-hydrogen) atoms. The van der Waals surface area contributed by atoms with Crippen LogP contribution in [-0.2, 0) is 6.42 Å². The van der Waals surface area contributed by atoms with Crippen LogP contribution in [0.2, 0.25) is 0 Å². The van der Waals surface area contributed by atoms with Crippen molar-refractivity contribution < 1.29 is 13.6 Å². The molecule has 4 nitrogen and oxygen atoms in total. The molecule has 2 aromatic heterocycles. The standard InChI is InChI=1S/C26H27F2N3O/c1-15-10-17(12-19(29)11-15)20-8-9-30-14-18(20)13-24(32)22-4-3-5-23(31-22)25-21(27)7-6-16(2)26(25)28/h3-9,14-15,17,19H,10-13,29H2,1-2H3/t15-,17+,19-/m0/s1. The molecule has 0 aliphatic heterocycles. The average Bonchev–Trinajstić information content (AvgIpc) is 2.76. The van der Waals surface area contributed by atoms with Crippen molar-refractivity contribution in [2.45, 2.75) is 51.5 Å². The summed E-state index contributed by atoms with van der Waals surface area (Å²) in [5, 5.41) is 0. The number of carbonyl (C=O) groups is 1. The molecule has 1 fully saturated rings. The monoisotopic (exact) mass is 435 g/mol. The molecule has 0 amide bonds. The molecule has 166 valence electrons. The largest absolute Gasteiger partial charge is 0.328 e. The first-order valence-corrected chi connectivity index (χ1v) is 11.0. The lowest BCUT2D eigenvalue weighted by molar-refractivity contribution is 0.0987. The van der Waals surface area contributed by atoms with E-state index in [1.807, 2.05) is 6.07 Å². The molecule has 0 saturated heterocycles. The van der Waals surface area contributed by atoms with Crippen molar-refractivity contribution in [2.24, 2.45) is 11.7 Å². The Labute approximate surface area is 186 Å². The number of nitrogens with zero attached hydrogens (tertiary/aromatic N) is 2. The second kappa shape index (κ2) is 9.25. The lowest BCUT2D eigenvalue weighted by atomic mass is 9.75. The highest BCUT2D eigenvalue weighted by Gasteiger charge is 2.27. The molecule has 3 aromatic rings. The number of nitrogens with two attached hydrogens (primary N) is 1. The number of ketones is 1. The molecule has 6 heteroatoms. The lowest BCUT2D eigenvalue weighted by Crippen LogP contribution is -2.31. The minimum Gasteiger partial charge on any atom is -0.328 e. The van der Waals surface area contributed by atoms with E-state index in [0.29, 0.717) is 11.5 Å². The summed E-state index contributed by atoms with van der Waals surface area (Å²) in [5.74, 6) is -0.781. The minimum atomic E-state index is -0.706. The molecule has 0 unspecified atom stereocenters. The number of pyridine rings is 2. The number of halogens is 2. The Morgan fingerprint density at radius 1 is 1.12 bits per heavy atom. The summed E-state index contributed by atoms with van der Waals surface area (Å²) in [4.78, 5) is 21.6. The quantitative estimate of drug-likeness (QED) is 0.546. The van der Waals surface area contributed by atoms with Crippen molar-refractivity contribution in [3.63, 3.8) is 0 Å². The Kier molecular flexibility index (Phi) is 6.42. The lowest BCUT2D eigenvalue weighted by Gasteiger charge is -2.32. The Bertz CT molecular complexity index is 1140. The van der Waals surface area contributed by atoms with Gasteiger partial charge in [0.2, 0.25) is 0 Å². The van der Waals surface area contributed by atoms with E-state index in [1.54, 1.807) is 31.5 Å². The van der Waals surface area contributed by atoms with Crippen LogP contribution in [0.25, 0.3) is 11.3 Å². The number of carbonyl (C=O) groups excluding carboxylic acids is 1. The minimum absolute atomic E-state index is 0.105. The Balaban J connectivity index is 1.62. The second-order valence-corrected chi connectivity index (χ2v) is 8.91. The fourth-order valence-corrected chi connectivity index (χ4v) is 4.78. The Morgan fingerprint density at radius 2 is 1.94 bits per heavy atom. The number of aromatic nitrogens is 2. The van der Waals surface area contributed by atoms with Crippen LogP contribution in [0.3, 0.4) is 0 Å². The van der Waals surface area contributed by atoms with Gasteiger partial charge >= 0.3 is 0 Å². The van der Waals surface area contributed by atoms with E-state index in [0.717, 1.165) is 30.4 Å². The van der Waals surface area contributed by atoms with Gasteiger partial charge in [0.1, 0.15) is 17.3 Å². The van der Waals surface area contributed by atoms with Gasteiger partial charge in [-0.25, -0.2) is 13.8 Å². The third-order valence-electron chi connectivity index (χ3n) is 6.29. The smallest absolute Gasteiger partial charge is 0.185 e. The summed E-state index contributed by atoms with van der Waals surface area (Å²) in [6.45, 7) is 3.77. The van der Waals surface area contributed by atoms with Crippen molar-refractivity contribution in [2.75, 3.05) is 0 Å². The van der Waals surface area contributed by atoms with Crippen LogP contribution in [0.15, 0.2) is 48.8 Å². The van der Waals surface area contributed by atoms with Gasteiger partial charge in [0, 0.05) is 24.9 Å². The van der Waals surface area contributed by atoms with Gasteiger partial charge in [-0.1, -0.05) is 19.1 Å². The molecule has 0 spiro atoms. The van der Waals surface area contributed by atoms with E-state index < -0.39 is 11.6 Å². The highest BCUT2D eigenvalue weighted by Crippen LogP contribution is 2.37. The van der Waals surface area contributed by atoms with Crippen LogP contribution < -0.4 is 5.73 Å². The van der Waals surface area contributed by atoms with Gasteiger partial charge in [-0.15, -0.1) is 0 Å². The van der Waals surface area contributed by atoms with Crippen molar-refractivity contribution in [3.8, 4) is 11.3 Å². The number of Topliss-reactive ketones (excluding diaryl/α,β-unsaturated/α-hetero) is 1. The first-order valence-electron chi connectivity index (χ1n) is 11.0. The SMILES string of the molecule is Cc1ccc(F)c(-c2cccc(C(=O)Cc3cnccc3[C@@H]3C[C@H](C)C[C@H](N)C3)n2)c1F. The van der Waals surface area contributed by atoms with Crippen LogP contribution in [0.4, 0.5) is 8.78 Å². The van der Waals surface area contributed by atoms with Crippen molar-refractivity contribution in [1.82, 2.24) is 9.97 Å². The fourth-order valence-electron chi connectivity index (χ4n) is 4.78. The van der Waals surface area contributed by atoms with Crippen LogP contribution in [0.1, 0.15) is 59.3 Å². The van der Waals surface area contributed by atoms with Crippen molar-refractivity contribution >= 4 is 5.78 Å². The maximum Gasteiger partial charge on any atom is 0.185 e. The van der Waals surface area contributed by atoms with E-state index in [2.05, 4.69) is 16.9 Å². The third kappa shape index (κ3) is 4.60. The zero-order valence-corrected chi connectivity index (χ0v) is 18.3. The fraction of sp³-hybridized carbons (Fsp3) is 0.346. The van der Waals surface area contributed by atoms with Gasteiger partial charge in [-0.05, 0) is 79.0 Å². The van der Waals surface area contributed by atoms with E-state index >= 15 is 0 Å². The van der Waals surface area contributed by atoms with Crippen molar-refractivity contribution in [3.05, 3.63) is 82.8 Å². The summed E-state index contributed by atoms with van der Waals surface area (Å²) in [7, 11) is 0. The number of benzene rings is 1. The van der Waals surface area contributed by atoms with E-state index in [1.165, 1.54) is 18.2 Å². The Hall–Kier alpha value is -2.99. The van der Waals surface area contributed by atoms with Crippen LogP contribution in [0, 0.1) is 24.5 Å². The first-order chi connectivity index (χ1) is 15.3. The second-order valence-electron chi connectivity index (χ2n) is 8.91. The van der Waals surface area contributed by atoms with Gasteiger partial charge in [0.25, 0.3) is 0 Å². The maximum absolute atomic E-state index is 14.6. The topological polar surface area (TPSA) is 68.9 Å². The predicted molar refractivity (Wildman–Crippen MR) is 120 cm³/mol. The first kappa shape index (κ1) is 22.2. The summed E-state index contributed by atoms with van der Waals surface area (Å²) in [6.07, 6.45) is 6.52. The molecule has 3 atom stereocenters. The molecular weight excluding hydrogens is 408 g/mol. The van der Waals surface area contributed by atoms with Gasteiger partial charge in [-0.2, -0.15) is 0 Å². The zero-order valence-electron chi connectivity index (χ0n) is 18.3. The third-order valence-corrected chi connectivity index (χ3v) is 6.29. The predicted octanol–water partition coefficient (Wildman–Crippen LogP) is 5.39. The number of rotatable bonds is 5. The molecule has 1 aromatic carbocycles. The number of aryl methyl sites for hydroxylation is 1.